The van der Waals surface area contributed by atoms with Crippen LogP contribution in [-0.2, 0) is 13.6 Å². The highest BCUT2D eigenvalue weighted by atomic mass is 16.2. The maximum Gasteiger partial charge on any atom is 0.279 e. The molecule has 0 fully saturated rings. The summed E-state index contributed by atoms with van der Waals surface area (Å²) in [7, 11) is 1.53. The monoisotopic (exact) mass is 319 g/mol. The predicted molar refractivity (Wildman–Crippen MR) is 92.9 cm³/mol. The zero-order chi connectivity index (χ0) is 16.9. The second-order valence-electron chi connectivity index (χ2n) is 5.39. The van der Waals surface area contributed by atoms with Gasteiger partial charge in [-0.25, -0.2) is 4.68 Å². The average Bonchev–Trinajstić information content (AvgIpc) is 2.63. The van der Waals surface area contributed by atoms with E-state index in [0.29, 0.717) is 6.54 Å². The van der Waals surface area contributed by atoms with Crippen LogP contribution in [-0.4, -0.2) is 15.7 Å². The van der Waals surface area contributed by atoms with Gasteiger partial charge in [-0.05, 0) is 23.8 Å². The van der Waals surface area contributed by atoms with Crippen molar-refractivity contribution < 1.29 is 4.79 Å². The normalized spacial score (nSPS) is 10.4. The molecule has 2 aromatic carbocycles. The summed E-state index contributed by atoms with van der Waals surface area (Å²) in [5.74, 6) is -0.249. The van der Waals surface area contributed by atoms with E-state index in [1.807, 2.05) is 60.7 Å². The number of rotatable bonds is 4. The Balaban J connectivity index is 1.99. The molecule has 1 aromatic heterocycles. The highest BCUT2D eigenvalue weighted by molar-refractivity contribution is 6.04. The highest BCUT2D eigenvalue weighted by Crippen LogP contribution is 2.19. The van der Waals surface area contributed by atoms with E-state index in [2.05, 4.69) is 5.10 Å². The Bertz CT molecular complexity index is 889. The minimum absolute atomic E-state index is 0.233. The summed E-state index contributed by atoms with van der Waals surface area (Å²) in [6.45, 7) is 0.425. The minimum atomic E-state index is -0.249. The Labute approximate surface area is 139 Å². The second kappa shape index (κ2) is 6.91. The molecule has 0 saturated carbocycles. The molecular formula is C19H17N3O2. The second-order valence-corrected chi connectivity index (χ2v) is 5.39. The van der Waals surface area contributed by atoms with Crippen LogP contribution in [0, 0.1) is 0 Å². The molecule has 5 nitrogen and oxygen atoms in total. The first kappa shape index (κ1) is 15.7. The number of para-hydroxylation sites is 1. The summed E-state index contributed by atoms with van der Waals surface area (Å²) >= 11 is 0. The third-order valence-electron chi connectivity index (χ3n) is 3.68. The van der Waals surface area contributed by atoms with Crippen molar-refractivity contribution in [2.24, 2.45) is 7.05 Å². The van der Waals surface area contributed by atoms with Gasteiger partial charge < -0.3 is 4.90 Å². The number of benzene rings is 2. The first-order valence-corrected chi connectivity index (χ1v) is 7.60. The smallest absolute Gasteiger partial charge is 0.279 e. The Morgan fingerprint density at radius 1 is 0.958 bits per heavy atom. The van der Waals surface area contributed by atoms with Crippen molar-refractivity contribution in [3.05, 3.63) is 94.4 Å². The molecule has 0 bridgehead atoms. The first-order chi connectivity index (χ1) is 11.6. The number of hydrogen-bond donors (Lipinski definition) is 0. The summed E-state index contributed by atoms with van der Waals surface area (Å²) in [5.41, 5.74) is 1.78. The van der Waals surface area contributed by atoms with Crippen LogP contribution in [0.25, 0.3) is 0 Å². The lowest BCUT2D eigenvalue weighted by Gasteiger charge is -2.22. The fourth-order valence-corrected chi connectivity index (χ4v) is 2.41. The number of amides is 1. The van der Waals surface area contributed by atoms with E-state index >= 15 is 0 Å². The van der Waals surface area contributed by atoms with Gasteiger partial charge in [0.2, 0.25) is 0 Å². The number of anilines is 1. The third kappa shape index (κ3) is 3.41. The molecular weight excluding hydrogens is 302 g/mol. The van der Waals surface area contributed by atoms with Gasteiger partial charge in [0, 0.05) is 18.8 Å². The van der Waals surface area contributed by atoms with Crippen molar-refractivity contribution in [3.63, 3.8) is 0 Å². The number of carbonyl (C=O) groups excluding carboxylic acids is 1. The third-order valence-corrected chi connectivity index (χ3v) is 3.68. The Morgan fingerprint density at radius 2 is 1.58 bits per heavy atom. The molecule has 0 N–H and O–H groups in total. The molecule has 24 heavy (non-hydrogen) atoms. The molecule has 5 heteroatoms. The lowest BCUT2D eigenvalue weighted by atomic mass is 10.2. The molecule has 0 aliphatic carbocycles. The van der Waals surface area contributed by atoms with Crippen molar-refractivity contribution in [3.8, 4) is 0 Å². The zero-order valence-corrected chi connectivity index (χ0v) is 13.3. The van der Waals surface area contributed by atoms with Gasteiger partial charge in [0.15, 0.2) is 0 Å². The van der Waals surface area contributed by atoms with Crippen LogP contribution in [0.5, 0.6) is 0 Å². The fourth-order valence-electron chi connectivity index (χ4n) is 2.41. The van der Waals surface area contributed by atoms with Crippen molar-refractivity contribution in [2.45, 2.75) is 6.54 Å². The first-order valence-electron chi connectivity index (χ1n) is 7.60. The van der Waals surface area contributed by atoms with E-state index in [-0.39, 0.29) is 17.2 Å². The Hall–Kier alpha value is -3.21. The molecule has 1 amide bonds. The molecule has 0 radical (unpaired) electrons. The number of hydrogen-bond acceptors (Lipinski definition) is 3. The van der Waals surface area contributed by atoms with Crippen LogP contribution >= 0.6 is 0 Å². The van der Waals surface area contributed by atoms with E-state index in [4.69, 9.17) is 0 Å². The van der Waals surface area contributed by atoms with E-state index in [1.54, 1.807) is 4.90 Å². The summed E-state index contributed by atoms with van der Waals surface area (Å²) in [6.07, 6.45) is 0. The number of nitrogens with zero attached hydrogens (tertiary/aromatic N) is 3. The van der Waals surface area contributed by atoms with E-state index in [1.165, 1.54) is 23.9 Å². The number of aromatic nitrogens is 2. The van der Waals surface area contributed by atoms with Crippen molar-refractivity contribution in [2.75, 3.05) is 4.90 Å². The van der Waals surface area contributed by atoms with Gasteiger partial charge in [-0.3, -0.25) is 9.59 Å². The quantitative estimate of drug-likeness (QED) is 0.743. The largest absolute Gasteiger partial charge is 0.303 e. The Morgan fingerprint density at radius 3 is 2.21 bits per heavy atom. The lowest BCUT2D eigenvalue weighted by Crippen LogP contribution is -2.33. The van der Waals surface area contributed by atoms with Crippen LogP contribution in [0.1, 0.15) is 16.1 Å². The molecule has 120 valence electrons. The predicted octanol–water partition coefficient (Wildman–Crippen LogP) is 2.63. The summed E-state index contributed by atoms with van der Waals surface area (Å²) < 4.78 is 1.17. The van der Waals surface area contributed by atoms with Crippen molar-refractivity contribution in [1.82, 2.24) is 9.78 Å². The maximum atomic E-state index is 13.0. The molecule has 3 rings (SSSR count). The van der Waals surface area contributed by atoms with E-state index < -0.39 is 0 Å². The standard InChI is InChI=1S/C19H17N3O2/c1-21-18(23)13-12-17(20-21)19(24)22(16-10-6-3-7-11-16)14-15-8-4-2-5-9-15/h2-13H,14H2,1H3. The summed E-state index contributed by atoms with van der Waals surface area (Å²) in [4.78, 5) is 26.1. The van der Waals surface area contributed by atoms with Gasteiger partial charge in [-0.2, -0.15) is 5.10 Å². The van der Waals surface area contributed by atoms with E-state index in [9.17, 15) is 9.59 Å². The molecule has 3 aromatic rings. The molecule has 0 aliphatic rings. The molecule has 0 aliphatic heterocycles. The molecule has 0 spiro atoms. The van der Waals surface area contributed by atoms with Crippen LogP contribution in [0.4, 0.5) is 5.69 Å². The van der Waals surface area contributed by atoms with Crippen LogP contribution < -0.4 is 10.5 Å². The molecule has 0 atom stereocenters. The fraction of sp³-hybridized carbons (Fsp3) is 0.105. The van der Waals surface area contributed by atoms with Gasteiger partial charge >= 0.3 is 0 Å². The maximum absolute atomic E-state index is 13.0. The average molecular weight is 319 g/mol. The van der Waals surface area contributed by atoms with Gasteiger partial charge in [-0.15, -0.1) is 0 Å². The summed E-state index contributed by atoms with van der Waals surface area (Å²) in [6, 6.07) is 22.0. The molecule has 0 unspecified atom stereocenters. The van der Waals surface area contributed by atoms with Crippen molar-refractivity contribution in [1.29, 1.82) is 0 Å². The molecule has 1 heterocycles. The van der Waals surface area contributed by atoms with Crippen LogP contribution in [0.2, 0.25) is 0 Å². The SMILES string of the molecule is Cn1nc(C(=O)N(Cc2ccccc2)c2ccccc2)ccc1=O. The summed E-state index contributed by atoms with van der Waals surface area (Å²) in [5, 5.41) is 4.07. The Kier molecular flexibility index (Phi) is 4.52. The number of aryl methyl sites for hydroxylation is 1. The van der Waals surface area contributed by atoms with Gasteiger partial charge in [0.05, 0.1) is 6.54 Å². The number of carbonyl (C=O) groups is 1. The molecule has 0 saturated heterocycles. The van der Waals surface area contributed by atoms with Crippen LogP contribution in [0.15, 0.2) is 77.6 Å². The highest BCUT2D eigenvalue weighted by Gasteiger charge is 2.20. The topological polar surface area (TPSA) is 55.2 Å². The van der Waals surface area contributed by atoms with Gasteiger partial charge in [0.25, 0.3) is 11.5 Å². The van der Waals surface area contributed by atoms with Gasteiger partial charge in [-0.1, -0.05) is 48.5 Å². The van der Waals surface area contributed by atoms with Gasteiger partial charge in [0.1, 0.15) is 5.69 Å². The lowest BCUT2D eigenvalue weighted by molar-refractivity contribution is 0.0978. The minimum Gasteiger partial charge on any atom is -0.303 e. The zero-order valence-electron chi connectivity index (χ0n) is 13.3. The van der Waals surface area contributed by atoms with Crippen molar-refractivity contribution >= 4 is 11.6 Å². The van der Waals surface area contributed by atoms with E-state index in [0.717, 1.165) is 11.3 Å². The van der Waals surface area contributed by atoms with Crippen LogP contribution in [0.3, 0.4) is 0 Å².